The number of aryl methyl sites for hydroxylation is 1. The lowest BCUT2D eigenvalue weighted by atomic mass is 9.96. The number of likely N-dealkylation sites (tertiary alicyclic amines) is 1. The van der Waals surface area contributed by atoms with E-state index in [4.69, 9.17) is 32.7 Å². The van der Waals surface area contributed by atoms with Gasteiger partial charge in [-0.05, 0) is 91.7 Å². The van der Waals surface area contributed by atoms with Gasteiger partial charge in [0.1, 0.15) is 11.4 Å². The number of carbonyl (C=O) groups excluding carboxylic acids is 1. The van der Waals surface area contributed by atoms with E-state index in [0.717, 1.165) is 83.9 Å². The SMILES string of the molecule is Cc1ccc2[nH]c(C(=O)OCC(C)C)c(/C(N)=C/N(N)CC3CCN(Cc4ccc(-c5ccc6c(c5)CCO6)c(Cl)c4)CC3)c2c1. The molecule has 2 aliphatic heterocycles. The van der Waals surface area contributed by atoms with Gasteiger partial charge in [0.25, 0.3) is 0 Å². The number of ether oxygens (including phenoxy) is 2. The number of nitrogens with one attached hydrogen (secondary N) is 1. The van der Waals surface area contributed by atoms with Crippen molar-refractivity contribution in [3.8, 4) is 16.9 Å². The van der Waals surface area contributed by atoms with Crippen LogP contribution in [0, 0.1) is 18.8 Å². The highest BCUT2D eigenvalue weighted by atomic mass is 35.5. The molecular weight excluding hydrogens is 598 g/mol. The molecule has 0 aliphatic carbocycles. The Morgan fingerprint density at radius 2 is 1.96 bits per heavy atom. The summed E-state index contributed by atoms with van der Waals surface area (Å²) in [7, 11) is 0. The fourth-order valence-corrected chi connectivity index (χ4v) is 6.81. The molecule has 2 aliphatic rings. The molecule has 9 heteroatoms. The standard InChI is InChI=1S/C37H44ClN5O3/c1-23(2)22-46-37(44)36-35(30-16-24(3)4-8-33(30)41-36)32(39)21-43(40)20-25-10-13-42(14-11-25)19-26-5-7-29(31(38)17-26)27-6-9-34-28(18-27)12-15-45-34/h4-9,16-18,21,23,25,41H,10-15,19-20,22,39-40H2,1-3H3/b32-21-. The Bertz CT molecular complexity index is 1760. The molecule has 1 fully saturated rings. The van der Waals surface area contributed by atoms with Crippen LogP contribution in [0.2, 0.25) is 5.02 Å². The Morgan fingerprint density at radius 1 is 1.15 bits per heavy atom. The lowest BCUT2D eigenvalue weighted by molar-refractivity contribution is 0.0452. The number of aromatic amines is 1. The van der Waals surface area contributed by atoms with Crippen molar-refractivity contribution in [1.29, 1.82) is 0 Å². The van der Waals surface area contributed by atoms with Crippen molar-refractivity contribution in [2.75, 3.05) is 32.8 Å². The molecule has 0 atom stereocenters. The number of esters is 1. The van der Waals surface area contributed by atoms with E-state index in [2.05, 4.69) is 40.2 Å². The van der Waals surface area contributed by atoms with Crippen LogP contribution in [0.5, 0.6) is 5.75 Å². The molecule has 4 aromatic rings. The van der Waals surface area contributed by atoms with E-state index in [-0.39, 0.29) is 5.92 Å². The molecule has 5 N–H and O–H groups in total. The van der Waals surface area contributed by atoms with Crippen molar-refractivity contribution in [3.05, 3.63) is 93.8 Å². The number of hydrogen-bond acceptors (Lipinski definition) is 7. The number of hydrogen-bond donors (Lipinski definition) is 3. The predicted molar refractivity (Wildman–Crippen MR) is 185 cm³/mol. The molecule has 6 rings (SSSR count). The Morgan fingerprint density at radius 3 is 2.72 bits per heavy atom. The number of fused-ring (bicyclic) bond motifs is 2. The molecule has 0 radical (unpaired) electrons. The summed E-state index contributed by atoms with van der Waals surface area (Å²) in [5, 5.41) is 3.31. The van der Waals surface area contributed by atoms with E-state index in [1.165, 1.54) is 11.1 Å². The number of nitrogens with zero attached hydrogens (tertiary/aromatic N) is 2. The van der Waals surface area contributed by atoms with Crippen LogP contribution in [0.3, 0.4) is 0 Å². The highest BCUT2D eigenvalue weighted by Gasteiger charge is 2.24. The minimum atomic E-state index is -0.417. The van der Waals surface area contributed by atoms with Crippen molar-refractivity contribution in [3.63, 3.8) is 0 Å². The van der Waals surface area contributed by atoms with E-state index in [0.29, 0.717) is 36.0 Å². The highest BCUT2D eigenvalue weighted by molar-refractivity contribution is 6.33. The first-order chi connectivity index (χ1) is 22.1. The number of benzene rings is 3. The summed E-state index contributed by atoms with van der Waals surface area (Å²) in [5.41, 5.74) is 14.6. The lowest BCUT2D eigenvalue weighted by Gasteiger charge is -2.33. The number of piperidine rings is 1. The predicted octanol–water partition coefficient (Wildman–Crippen LogP) is 6.89. The first-order valence-electron chi connectivity index (χ1n) is 16.2. The summed E-state index contributed by atoms with van der Waals surface area (Å²) in [6.07, 6.45) is 4.75. The van der Waals surface area contributed by atoms with Gasteiger partial charge in [0.2, 0.25) is 0 Å². The van der Waals surface area contributed by atoms with Gasteiger partial charge in [-0.2, -0.15) is 0 Å². The highest BCUT2D eigenvalue weighted by Crippen LogP contribution is 2.35. The quantitative estimate of drug-likeness (QED) is 0.0983. The van der Waals surface area contributed by atoms with Crippen LogP contribution >= 0.6 is 11.6 Å². The Hall–Kier alpha value is -3.98. The first-order valence-corrected chi connectivity index (χ1v) is 16.6. The minimum Gasteiger partial charge on any atom is -0.493 e. The van der Waals surface area contributed by atoms with E-state index in [1.807, 2.05) is 45.0 Å². The van der Waals surface area contributed by atoms with Gasteiger partial charge in [0, 0.05) is 52.8 Å². The molecule has 0 unspecified atom stereocenters. The first kappa shape index (κ1) is 32.0. The van der Waals surface area contributed by atoms with Crippen LogP contribution in [0.25, 0.3) is 27.7 Å². The second-order valence-corrected chi connectivity index (χ2v) is 13.6. The van der Waals surface area contributed by atoms with Gasteiger partial charge >= 0.3 is 5.97 Å². The van der Waals surface area contributed by atoms with E-state index < -0.39 is 5.97 Å². The Labute approximate surface area is 276 Å². The van der Waals surface area contributed by atoms with Crippen LogP contribution in [0.1, 0.15) is 59.4 Å². The number of hydrazine groups is 1. The molecule has 46 heavy (non-hydrogen) atoms. The third-order valence-corrected chi connectivity index (χ3v) is 9.23. The van der Waals surface area contributed by atoms with Gasteiger partial charge in [0.05, 0.1) is 18.9 Å². The van der Waals surface area contributed by atoms with Gasteiger partial charge in [-0.15, -0.1) is 0 Å². The van der Waals surface area contributed by atoms with E-state index in [1.54, 1.807) is 11.2 Å². The van der Waals surface area contributed by atoms with Crippen LogP contribution < -0.4 is 16.3 Å². The third-order valence-electron chi connectivity index (χ3n) is 8.92. The molecule has 8 nitrogen and oxygen atoms in total. The third kappa shape index (κ3) is 7.20. The zero-order valence-corrected chi connectivity index (χ0v) is 27.7. The Balaban J connectivity index is 1.06. The zero-order valence-electron chi connectivity index (χ0n) is 26.9. The maximum atomic E-state index is 13.0. The van der Waals surface area contributed by atoms with Crippen LogP contribution in [-0.2, 0) is 17.7 Å². The number of nitrogens with two attached hydrogens (primary N) is 2. The molecule has 0 spiro atoms. The van der Waals surface area contributed by atoms with E-state index in [9.17, 15) is 4.79 Å². The summed E-state index contributed by atoms with van der Waals surface area (Å²) in [4.78, 5) is 18.7. The molecule has 3 aromatic carbocycles. The number of H-pyrrole nitrogens is 1. The largest absolute Gasteiger partial charge is 0.493 e. The molecule has 0 amide bonds. The molecule has 1 aromatic heterocycles. The van der Waals surface area contributed by atoms with Crippen LogP contribution in [-0.4, -0.2) is 53.7 Å². The number of rotatable bonds is 10. The van der Waals surface area contributed by atoms with Crippen LogP contribution in [0.4, 0.5) is 0 Å². The Kier molecular flexibility index (Phi) is 9.59. The summed E-state index contributed by atoms with van der Waals surface area (Å²) < 4.78 is 11.2. The number of aromatic nitrogens is 1. The fraction of sp³-hybridized carbons (Fsp3) is 0.378. The average molecular weight is 642 g/mol. The van der Waals surface area contributed by atoms with Crippen LogP contribution in [0.15, 0.2) is 60.8 Å². The summed E-state index contributed by atoms with van der Waals surface area (Å²) in [6, 6.07) is 18.7. The second-order valence-electron chi connectivity index (χ2n) is 13.2. The topological polar surface area (TPSA) is 110 Å². The van der Waals surface area contributed by atoms with Crippen molar-refractivity contribution in [1.82, 2.24) is 14.9 Å². The molecule has 3 heterocycles. The summed E-state index contributed by atoms with van der Waals surface area (Å²) in [6.45, 7) is 10.6. The molecule has 242 valence electrons. The maximum Gasteiger partial charge on any atom is 0.355 e. The van der Waals surface area contributed by atoms with Crippen molar-refractivity contribution < 1.29 is 14.3 Å². The van der Waals surface area contributed by atoms with Gasteiger partial charge in [-0.25, -0.2) is 10.6 Å². The van der Waals surface area contributed by atoms with Gasteiger partial charge in [-0.1, -0.05) is 55.3 Å². The number of halogens is 1. The maximum absolute atomic E-state index is 13.0. The van der Waals surface area contributed by atoms with E-state index >= 15 is 0 Å². The summed E-state index contributed by atoms with van der Waals surface area (Å²) in [5.74, 6) is 7.72. The van der Waals surface area contributed by atoms with Gasteiger partial charge < -0.3 is 25.2 Å². The molecule has 0 bridgehead atoms. The van der Waals surface area contributed by atoms with Crippen molar-refractivity contribution >= 4 is 34.2 Å². The lowest BCUT2D eigenvalue weighted by Crippen LogP contribution is -2.39. The van der Waals surface area contributed by atoms with Crippen molar-refractivity contribution in [2.24, 2.45) is 23.4 Å². The second kappa shape index (κ2) is 13.8. The van der Waals surface area contributed by atoms with Gasteiger partial charge in [-0.3, -0.25) is 4.90 Å². The normalized spacial score (nSPS) is 15.7. The molecular formula is C37H44ClN5O3. The molecule has 0 saturated carbocycles. The number of carbonyl (C=O) groups is 1. The van der Waals surface area contributed by atoms with Gasteiger partial charge in [0.15, 0.2) is 0 Å². The smallest absolute Gasteiger partial charge is 0.355 e. The monoisotopic (exact) mass is 641 g/mol. The summed E-state index contributed by atoms with van der Waals surface area (Å²) >= 11 is 6.77. The average Bonchev–Trinajstić information content (AvgIpc) is 3.65. The zero-order chi connectivity index (χ0) is 32.4. The minimum absolute atomic E-state index is 0.229. The van der Waals surface area contributed by atoms with Crippen molar-refractivity contribution in [2.45, 2.75) is 46.6 Å². The molecule has 1 saturated heterocycles. The fourth-order valence-electron chi connectivity index (χ4n) is 6.50.